The van der Waals surface area contributed by atoms with E-state index in [0.717, 1.165) is 12.0 Å². The molecule has 2 saturated carbocycles. The molecule has 1 saturated heterocycles. The highest BCUT2D eigenvalue weighted by atomic mass is 15.2. The van der Waals surface area contributed by atoms with Crippen LogP contribution in [0.5, 0.6) is 0 Å². The highest BCUT2D eigenvalue weighted by Crippen LogP contribution is 2.62. The van der Waals surface area contributed by atoms with Gasteiger partial charge in [-0.3, -0.25) is 0 Å². The van der Waals surface area contributed by atoms with Gasteiger partial charge in [-0.15, -0.1) is 0 Å². The normalized spacial score (nSPS) is 40.0. The Hall–Kier alpha value is -0.120. The van der Waals surface area contributed by atoms with Crippen molar-refractivity contribution in [2.45, 2.75) is 52.5 Å². The van der Waals surface area contributed by atoms with Gasteiger partial charge in [0.1, 0.15) is 0 Å². The summed E-state index contributed by atoms with van der Waals surface area (Å²) < 4.78 is 0. The summed E-state index contributed by atoms with van der Waals surface area (Å²) in [6.07, 6.45) is 5.66. The number of piperazine rings is 1. The first kappa shape index (κ1) is 15.8. The lowest BCUT2D eigenvalue weighted by Crippen LogP contribution is -2.51. The third kappa shape index (κ3) is 3.02. The number of rotatable bonds is 5. The fourth-order valence-corrected chi connectivity index (χ4v) is 5.43. The maximum Gasteiger partial charge on any atom is 0.0175 e. The molecule has 0 radical (unpaired) electrons. The average molecular weight is 293 g/mol. The standard InChI is InChI=1S/C18H35N3/c1-17(2)15-6-7-18(3,14-15)16(17)19-8-5-9-21-12-10-20(4)11-13-21/h15-16,19H,5-14H2,1-4H3/t15-,16?,18+/m0/s1. The second-order valence-electron chi connectivity index (χ2n) is 8.80. The lowest BCUT2D eigenvalue weighted by Gasteiger charge is -2.43. The Morgan fingerprint density at radius 3 is 2.43 bits per heavy atom. The average Bonchev–Trinajstić information content (AvgIpc) is 2.91. The van der Waals surface area contributed by atoms with Gasteiger partial charge in [-0.2, -0.15) is 0 Å². The Morgan fingerprint density at radius 1 is 1.10 bits per heavy atom. The molecule has 21 heavy (non-hydrogen) atoms. The van der Waals surface area contributed by atoms with Gasteiger partial charge in [0.25, 0.3) is 0 Å². The van der Waals surface area contributed by atoms with Gasteiger partial charge < -0.3 is 15.1 Å². The van der Waals surface area contributed by atoms with Crippen LogP contribution in [0.4, 0.5) is 0 Å². The number of hydrogen-bond acceptors (Lipinski definition) is 3. The molecule has 0 spiro atoms. The summed E-state index contributed by atoms with van der Waals surface area (Å²) in [4.78, 5) is 5.07. The molecule has 1 unspecified atom stereocenters. The smallest absolute Gasteiger partial charge is 0.0175 e. The summed E-state index contributed by atoms with van der Waals surface area (Å²) in [5.74, 6) is 0.956. The fraction of sp³-hybridized carbons (Fsp3) is 1.00. The predicted octanol–water partition coefficient (Wildman–Crippen LogP) is 2.43. The molecule has 0 aromatic rings. The van der Waals surface area contributed by atoms with Gasteiger partial charge in [-0.25, -0.2) is 0 Å². The van der Waals surface area contributed by atoms with Crippen molar-refractivity contribution in [2.75, 3.05) is 46.3 Å². The van der Waals surface area contributed by atoms with Crippen molar-refractivity contribution in [1.82, 2.24) is 15.1 Å². The molecule has 3 fully saturated rings. The minimum absolute atomic E-state index is 0.501. The van der Waals surface area contributed by atoms with Crippen LogP contribution in [0.2, 0.25) is 0 Å². The van der Waals surface area contributed by atoms with Crippen LogP contribution < -0.4 is 5.32 Å². The van der Waals surface area contributed by atoms with E-state index in [1.807, 2.05) is 0 Å². The van der Waals surface area contributed by atoms with Crippen molar-refractivity contribution in [2.24, 2.45) is 16.7 Å². The van der Waals surface area contributed by atoms with Crippen LogP contribution in [0, 0.1) is 16.7 Å². The summed E-state index contributed by atoms with van der Waals surface area (Å²) in [6, 6.07) is 0.733. The van der Waals surface area contributed by atoms with Crippen molar-refractivity contribution in [3.63, 3.8) is 0 Å². The van der Waals surface area contributed by atoms with Crippen molar-refractivity contribution >= 4 is 0 Å². The van der Waals surface area contributed by atoms with Crippen molar-refractivity contribution in [3.8, 4) is 0 Å². The molecule has 2 aliphatic carbocycles. The van der Waals surface area contributed by atoms with Crippen LogP contribution in [-0.4, -0.2) is 62.2 Å². The number of fused-ring (bicyclic) bond motifs is 2. The monoisotopic (exact) mass is 293 g/mol. The summed E-state index contributed by atoms with van der Waals surface area (Å²) in [5, 5.41) is 3.96. The van der Waals surface area contributed by atoms with Crippen LogP contribution in [0.1, 0.15) is 46.5 Å². The molecule has 2 bridgehead atoms. The number of nitrogens with zero attached hydrogens (tertiary/aromatic N) is 2. The highest BCUT2D eigenvalue weighted by Gasteiger charge is 2.58. The van der Waals surface area contributed by atoms with Crippen molar-refractivity contribution in [3.05, 3.63) is 0 Å². The van der Waals surface area contributed by atoms with E-state index in [4.69, 9.17) is 0 Å². The van der Waals surface area contributed by atoms with Crippen LogP contribution >= 0.6 is 0 Å². The molecule has 3 rings (SSSR count). The quantitative estimate of drug-likeness (QED) is 0.786. The van der Waals surface area contributed by atoms with Crippen molar-refractivity contribution in [1.29, 1.82) is 0 Å². The molecule has 122 valence electrons. The summed E-state index contributed by atoms with van der Waals surface area (Å²) >= 11 is 0. The molecule has 1 aliphatic heterocycles. The predicted molar refractivity (Wildman–Crippen MR) is 89.6 cm³/mol. The number of nitrogens with one attached hydrogen (secondary N) is 1. The second-order valence-corrected chi connectivity index (χ2v) is 8.80. The van der Waals surface area contributed by atoms with E-state index >= 15 is 0 Å². The molecule has 1 N–H and O–H groups in total. The number of hydrogen-bond donors (Lipinski definition) is 1. The van der Waals surface area contributed by atoms with E-state index in [0.29, 0.717) is 10.8 Å². The maximum atomic E-state index is 3.96. The summed E-state index contributed by atoms with van der Waals surface area (Å²) in [5.41, 5.74) is 1.07. The largest absolute Gasteiger partial charge is 0.313 e. The number of likely N-dealkylation sites (N-methyl/N-ethyl adjacent to an activating group) is 1. The Bertz CT molecular complexity index is 355. The summed E-state index contributed by atoms with van der Waals surface area (Å²) in [7, 11) is 2.23. The Balaban J connectivity index is 1.41. The van der Waals surface area contributed by atoms with Crippen LogP contribution in [0.25, 0.3) is 0 Å². The molecule has 0 aromatic heterocycles. The molecule has 3 heteroatoms. The first-order valence-corrected chi connectivity index (χ1v) is 9.06. The minimum Gasteiger partial charge on any atom is -0.313 e. The second kappa shape index (κ2) is 5.82. The first-order valence-electron chi connectivity index (χ1n) is 9.06. The molecule has 1 heterocycles. The Morgan fingerprint density at radius 2 is 1.81 bits per heavy atom. The van der Waals surface area contributed by atoms with Gasteiger partial charge in [-0.05, 0) is 62.6 Å². The van der Waals surface area contributed by atoms with Gasteiger partial charge in [0, 0.05) is 32.2 Å². The lowest BCUT2D eigenvalue weighted by atomic mass is 9.68. The van der Waals surface area contributed by atoms with Gasteiger partial charge in [0.15, 0.2) is 0 Å². The molecule has 3 atom stereocenters. The van der Waals surface area contributed by atoms with Gasteiger partial charge in [0.2, 0.25) is 0 Å². The van der Waals surface area contributed by atoms with Gasteiger partial charge in [-0.1, -0.05) is 20.8 Å². The minimum atomic E-state index is 0.501. The molecule has 0 aromatic carbocycles. The third-order valence-electron chi connectivity index (χ3n) is 6.87. The maximum absolute atomic E-state index is 3.96. The zero-order valence-corrected chi connectivity index (χ0v) is 14.6. The van der Waals surface area contributed by atoms with Crippen molar-refractivity contribution < 1.29 is 0 Å². The topological polar surface area (TPSA) is 18.5 Å². The SMILES string of the molecule is CN1CCN(CCCNC2C(C)(C)[C@H]3CC[C@]2(C)C3)CC1. The van der Waals surface area contributed by atoms with E-state index in [2.05, 4.69) is 42.9 Å². The van der Waals surface area contributed by atoms with Crippen LogP contribution in [0.15, 0.2) is 0 Å². The van der Waals surface area contributed by atoms with E-state index in [1.165, 1.54) is 65.0 Å². The lowest BCUT2D eigenvalue weighted by molar-refractivity contribution is 0.106. The molecular weight excluding hydrogens is 258 g/mol. The zero-order chi connectivity index (χ0) is 15.1. The van der Waals surface area contributed by atoms with Crippen LogP contribution in [0.3, 0.4) is 0 Å². The molecular formula is C18H35N3. The molecule has 3 nitrogen and oxygen atoms in total. The van der Waals surface area contributed by atoms with E-state index < -0.39 is 0 Å². The molecule has 3 aliphatic rings. The highest BCUT2D eigenvalue weighted by molar-refractivity contribution is 5.11. The van der Waals surface area contributed by atoms with E-state index in [-0.39, 0.29) is 0 Å². The summed E-state index contributed by atoms with van der Waals surface area (Å²) in [6.45, 7) is 15.0. The first-order chi connectivity index (χ1) is 9.92. The van der Waals surface area contributed by atoms with E-state index in [1.54, 1.807) is 0 Å². The van der Waals surface area contributed by atoms with E-state index in [9.17, 15) is 0 Å². The Labute approximate surface area is 131 Å². The van der Waals surface area contributed by atoms with Gasteiger partial charge in [0.05, 0.1) is 0 Å². The zero-order valence-electron chi connectivity index (χ0n) is 14.6. The fourth-order valence-electron chi connectivity index (χ4n) is 5.43. The van der Waals surface area contributed by atoms with Gasteiger partial charge >= 0.3 is 0 Å². The third-order valence-corrected chi connectivity index (χ3v) is 6.87. The van der Waals surface area contributed by atoms with Crippen LogP contribution in [-0.2, 0) is 0 Å². The molecule has 0 amide bonds. The Kier molecular flexibility index (Phi) is 4.37.